The highest BCUT2D eigenvalue weighted by Gasteiger charge is 2.31. The molecule has 0 aromatic heterocycles. The van der Waals surface area contributed by atoms with E-state index in [-0.39, 0.29) is 24.5 Å². The van der Waals surface area contributed by atoms with Gasteiger partial charge in [0.2, 0.25) is 0 Å². The molecule has 0 saturated heterocycles. The normalized spacial score (nSPS) is 11.0. The largest absolute Gasteiger partial charge is 0.416 e. The van der Waals surface area contributed by atoms with Gasteiger partial charge in [0.05, 0.1) is 11.3 Å². The standard InChI is InChI=1S/C24H22F4N4O2/c1-16-6-4-8-18(14-16)30-22(33)29-12-13-32(19-9-5-7-17(15-19)24(26,27)28)23(34)31-21-11-3-2-10-20(21)25/h2-11,14-15H,12-13H2,1H3,(H,31,34)(H2,29,30,33). The third-order valence-corrected chi connectivity index (χ3v) is 4.74. The molecule has 3 aromatic rings. The Hall–Kier alpha value is -4.08. The SMILES string of the molecule is Cc1cccc(NC(=O)NCCN(C(=O)Nc2ccccc2F)c2cccc(C(F)(F)F)c2)c1. The molecule has 0 unspecified atom stereocenters. The Morgan fingerprint density at radius 1 is 0.912 bits per heavy atom. The zero-order valence-corrected chi connectivity index (χ0v) is 18.1. The molecule has 0 radical (unpaired) electrons. The average molecular weight is 474 g/mol. The van der Waals surface area contributed by atoms with Crippen molar-refractivity contribution in [3.63, 3.8) is 0 Å². The molecule has 10 heteroatoms. The fourth-order valence-corrected chi connectivity index (χ4v) is 3.12. The third-order valence-electron chi connectivity index (χ3n) is 4.74. The smallest absolute Gasteiger partial charge is 0.336 e. The monoisotopic (exact) mass is 474 g/mol. The Labute approximate surface area is 193 Å². The van der Waals surface area contributed by atoms with E-state index in [9.17, 15) is 27.2 Å². The van der Waals surface area contributed by atoms with Crippen LogP contribution in [-0.2, 0) is 6.18 Å². The molecule has 0 heterocycles. The highest BCUT2D eigenvalue weighted by Crippen LogP contribution is 2.32. The molecule has 0 aliphatic rings. The molecular weight excluding hydrogens is 452 g/mol. The van der Waals surface area contributed by atoms with Crippen molar-refractivity contribution in [2.24, 2.45) is 0 Å². The van der Waals surface area contributed by atoms with Crippen LogP contribution in [0.15, 0.2) is 72.8 Å². The van der Waals surface area contributed by atoms with Crippen LogP contribution in [0.3, 0.4) is 0 Å². The predicted molar refractivity (Wildman–Crippen MR) is 122 cm³/mol. The Morgan fingerprint density at radius 2 is 1.65 bits per heavy atom. The first-order chi connectivity index (χ1) is 16.1. The molecular formula is C24H22F4N4O2. The summed E-state index contributed by atoms with van der Waals surface area (Å²) in [6, 6.07) is 15.3. The lowest BCUT2D eigenvalue weighted by molar-refractivity contribution is -0.137. The molecule has 0 aliphatic carbocycles. The number of aryl methyl sites for hydroxylation is 1. The number of amides is 4. The number of halogens is 4. The van der Waals surface area contributed by atoms with E-state index in [0.29, 0.717) is 5.69 Å². The molecule has 0 spiro atoms. The van der Waals surface area contributed by atoms with Crippen molar-refractivity contribution in [1.82, 2.24) is 5.32 Å². The number of carbonyl (C=O) groups is 2. The highest BCUT2D eigenvalue weighted by molar-refractivity contribution is 6.02. The third kappa shape index (κ3) is 6.71. The molecule has 0 saturated carbocycles. The van der Waals surface area contributed by atoms with Crippen molar-refractivity contribution in [2.75, 3.05) is 28.6 Å². The zero-order valence-electron chi connectivity index (χ0n) is 18.1. The van der Waals surface area contributed by atoms with E-state index in [1.165, 1.54) is 30.3 Å². The van der Waals surface area contributed by atoms with Crippen molar-refractivity contribution < 1.29 is 27.2 Å². The minimum Gasteiger partial charge on any atom is -0.336 e. The first kappa shape index (κ1) is 24.6. The number of rotatable bonds is 6. The van der Waals surface area contributed by atoms with Crippen molar-refractivity contribution in [1.29, 1.82) is 0 Å². The average Bonchev–Trinajstić information content (AvgIpc) is 2.78. The number of carbonyl (C=O) groups excluding carboxylic acids is 2. The van der Waals surface area contributed by atoms with Gasteiger partial charge in [-0.1, -0.05) is 30.3 Å². The summed E-state index contributed by atoms with van der Waals surface area (Å²) in [6.45, 7) is 1.60. The highest BCUT2D eigenvalue weighted by atomic mass is 19.4. The lowest BCUT2D eigenvalue weighted by Gasteiger charge is -2.24. The lowest BCUT2D eigenvalue weighted by Crippen LogP contribution is -2.42. The number of alkyl halides is 3. The van der Waals surface area contributed by atoms with Crippen LogP contribution in [0.1, 0.15) is 11.1 Å². The second kappa shape index (κ2) is 10.7. The summed E-state index contributed by atoms with van der Waals surface area (Å²) in [6.07, 6.45) is -4.62. The van der Waals surface area contributed by atoms with E-state index in [0.717, 1.165) is 28.7 Å². The number of anilines is 3. The number of hydrogen-bond acceptors (Lipinski definition) is 2. The number of benzene rings is 3. The Balaban J connectivity index is 1.74. The maximum atomic E-state index is 14.0. The van der Waals surface area contributed by atoms with Crippen LogP contribution < -0.4 is 20.9 Å². The van der Waals surface area contributed by atoms with Gasteiger partial charge in [0, 0.05) is 24.5 Å². The van der Waals surface area contributed by atoms with Gasteiger partial charge >= 0.3 is 18.2 Å². The van der Waals surface area contributed by atoms with Gasteiger partial charge in [-0.3, -0.25) is 4.90 Å². The molecule has 34 heavy (non-hydrogen) atoms. The van der Waals surface area contributed by atoms with Gasteiger partial charge in [-0.05, 0) is 55.0 Å². The van der Waals surface area contributed by atoms with Crippen LogP contribution in [-0.4, -0.2) is 25.2 Å². The van der Waals surface area contributed by atoms with E-state index in [4.69, 9.17) is 0 Å². The molecule has 0 fully saturated rings. The van der Waals surface area contributed by atoms with E-state index in [2.05, 4.69) is 16.0 Å². The summed E-state index contributed by atoms with van der Waals surface area (Å²) in [7, 11) is 0. The second-order valence-electron chi connectivity index (χ2n) is 7.36. The molecule has 3 aromatic carbocycles. The second-order valence-corrected chi connectivity index (χ2v) is 7.36. The summed E-state index contributed by atoms with van der Waals surface area (Å²) in [5, 5.41) is 7.55. The maximum Gasteiger partial charge on any atom is 0.416 e. The zero-order chi connectivity index (χ0) is 24.7. The van der Waals surface area contributed by atoms with Crippen LogP contribution in [0, 0.1) is 12.7 Å². The van der Waals surface area contributed by atoms with Crippen LogP contribution in [0.2, 0.25) is 0 Å². The molecule has 0 atom stereocenters. The molecule has 3 rings (SSSR count). The molecule has 0 bridgehead atoms. The Morgan fingerprint density at radius 3 is 2.35 bits per heavy atom. The summed E-state index contributed by atoms with van der Waals surface area (Å²) in [5.41, 5.74) is 0.362. The van der Waals surface area contributed by atoms with Gasteiger partial charge in [-0.15, -0.1) is 0 Å². The molecule has 0 aliphatic heterocycles. The number of hydrogen-bond donors (Lipinski definition) is 3. The fourth-order valence-electron chi connectivity index (χ4n) is 3.12. The predicted octanol–water partition coefficient (Wildman–Crippen LogP) is 6.01. The summed E-state index contributed by atoms with van der Waals surface area (Å²) in [4.78, 5) is 26.1. The number of urea groups is 2. The van der Waals surface area contributed by atoms with E-state index >= 15 is 0 Å². The van der Waals surface area contributed by atoms with Gasteiger partial charge in [-0.2, -0.15) is 13.2 Å². The number of nitrogens with zero attached hydrogens (tertiary/aromatic N) is 1. The minimum atomic E-state index is -4.62. The maximum absolute atomic E-state index is 14.0. The quantitative estimate of drug-likeness (QED) is 0.383. The van der Waals surface area contributed by atoms with Crippen LogP contribution >= 0.6 is 0 Å². The van der Waals surface area contributed by atoms with Crippen molar-refractivity contribution in [2.45, 2.75) is 13.1 Å². The Bertz CT molecular complexity index is 1170. The van der Waals surface area contributed by atoms with E-state index in [1.54, 1.807) is 18.2 Å². The summed E-state index contributed by atoms with van der Waals surface area (Å²) >= 11 is 0. The first-order valence-corrected chi connectivity index (χ1v) is 10.3. The number of para-hydroxylation sites is 1. The van der Waals surface area contributed by atoms with E-state index < -0.39 is 29.6 Å². The fraction of sp³-hybridized carbons (Fsp3) is 0.167. The lowest BCUT2D eigenvalue weighted by atomic mass is 10.2. The molecule has 178 valence electrons. The molecule has 4 amide bonds. The topological polar surface area (TPSA) is 73.5 Å². The van der Waals surface area contributed by atoms with Crippen molar-refractivity contribution >= 4 is 29.1 Å². The van der Waals surface area contributed by atoms with Gasteiger partial charge in [-0.25, -0.2) is 14.0 Å². The van der Waals surface area contributed by atoms with Gasteiger partial charge in [0.15, 0.2) is 0 Å². The van der Waals surface area contributed by atoms with Crippen LogP contribution in [0.5, 0.6) is 0 Å². The Kier molecular flexibility index (Phi) is 7.72. The van der Waals surface area contributed by atoms with Crippen LogP contribution in [0.25, 0.3) is 0 Å². The summed E-state index contributed by atoms with van der Waals surface area (Å²) < 4.78 is 53.6. The van der Waals surface area contributed by atoms with Gasteiger partial charge in [0.1, 0.15) is 5.82 Å². The van der Waals surface area contributed by atoms with E-state index in [1.807, 2.05) is 13.0 Å². The molecule has 3 N–H and O–H groups in total. The van der Waals surface area contributed by atoms with Gasteiger partial charge < -0.3 is 16.0 Å². The van der Waals surface area contributed by atoms with Crippen molar-refractivity contribution in [3.05, 3.63) is 89.7 Å². The van der Waals surface area contributed by atoms with Gasteiger partial charge in [0.25, 0.3) is 0 Å². The first-order valence-electron chi connectivity index (χ1n) is 10.3. The number of nitrogens with one attached hydrogen (secondary N) is 3. The summed E-state index contributed by atoms with van der Waals surface area (Å²) in [5.74, 6) is -0.699. The van der Waals surface area contributed by atoms with Crippen molar-refractivity contribution in [3.8, 4) is 0 Å². The van der Waals surface area contributed by atoms with Crippen LogP contribution in [0.4, 0.5) is 44.2 Å². The minimum absolute atomic E-state index is 0.0652. The molecule has 6 nitrogen and oxygen atoms in total.